The van der Waals surface area contributed by atoms with Gasteiger partial charge < -0.3 is 28.4 Å². The molecule has 2 atom stereocenters. The van der Waals surface area contributed by atoms with Crippen molar-refractivity contribution >= 4 is 0 Å². The lowest BCUT2D eigenvalue weighted by molar-refractivity contribution is 0.0858. The maximum Gasteiger partial charge on any atom is 0.123 e. The monoisotopic (exact) mass is 474 g/mol. The molecule has 1 aliphatic carbocycles. The van der Waals surface area contributed by atoms with Crippen LogP contribution in [0.3, 0.4) is 0 Å². The van der Waals surface area contributed by atoms with E-state index in [1.165, 1.54) is 27.8 Å². The van der Waals surface area contributed by atoms with Crippen LogP contribution >= 0.6 is 0 Å². The van der Waals surface area contributed by atoms with Crippen molar-refractivity contribution in [2.24, 2.45) is 0 Å². The Hall–Kier alpha value is -2.90. The van der Waals surface area contributed by atoms with E-state index in [2.05, 4.69) is 54.6 Å². The minimum absolute atomic E-state index is 0.260. The highest BCUT2D eigenvalue weighted by Crippen LogP contribution is 2.42. The number of ether oxygens (including phenoxy) is 6. The zero-order valence-electron chi connectivity index (χ0n) is 19.7. The van der Waals surface area contributed by atoms with Crippen LogP contribution in [0, 0.1) is 0 Å². The van der Waals surface area contributed by atoms with Gasteiger partial charge in [0.15, 0.2) is 0 Å². The molecule has 2 heterocycles. The molecule has 2 saturated heterocycles. The largest absolute Gasteiger partial charge is 0.491 e. The molecule has 3 aromatic rings. The van der Waals surface area contributed by atoms with Gasteiger partial charge in [0, 0.05) is 6.07 Å². The molecule has 182 valence electrons. The molecule has 0 aromatic heterocycles. The molecule has 0 spiro atoms. The normalized spacial score (nSPS) is 19.2. The van der Waals surface area contributed by atoms with Gasteiger partial charge in [-0.1, -0.05) is 42.5 Å². The van der Waals surface area contributed by atoms with Crippen LogP contribution in [0.15, 0.2) is 60.7 Å². The molecular formula is C29H30O6. The Morgan fingerprint density at radius 1 is 0.657 bits per heavy atom. The van der Waals surface area contributed by atoms with Gasteiger partial charge in [0.1, 0.15) is 36.9 Å². The molecule has 0 N–H and O–H groups in total. The van der Waals surface area contributed by atoms with E-state index in [9.17, 15) is 0 Å². The summed E-state index contributed by atoms with van der Waals surface area (Å²) in [6.45, 7) is 4.83. The average molecular weight is 475 g/mol. The Morgan fingerprint density at radius 2 is 1.26 bits per heavy atom. The van der Waals surface area contributed by atoms with Crippen LogP contribution in [0.25, 0.3) is 22.3 Å². The van der Waals surface area contributed by atoms with E-state index in [0.29, 0.717) is 39.6 Å². The van der Waals surface area contributed by atoms with E-state index >= 15 is 0 Å². The van der Waals surface area contributed by atoms with Crippen LogP contribution in [0.2, 0.25) is 0 Å². The van der Waals surface area contributed by atoms with Crippen molar-refractivity contribution in [3.8, 4) is 33.8 Å². The Kier molecular flexibility index (Phi) is 6.69. The van der Waals surface area contributed by atoms with Gasteiger partial charge in [0.05, 0.1) is 39.6 Å². The summed E-state index contributed by atoms with van der Waals surface area (Å²) in [5.41, 5.74) is 7.63. The van der Waals surface area contributed by atoms with Gasteiger partial charge in [0.2, 0.25) is 0 Å². The Morgan fingerprint density at radius 3 is 1.91 bits per heavy atom. The van der Waals surface area contributed by atoms with Gasteiger partial charge in [0.25, 0.3) is 0 Å². The molecule has 6 rings (SSSR count). The molecule has 0 amide bonds. The molecule has 2 fully saturated rings. The van der Waals surface area contributed by atoms with E-state index in [4.69, 9.17) is 28.4 Å². The zero-order chi connectivity index (χ0) is 23.5. The van der Waals surface area contributed by atoms with Gasteiger partial charge in [-0.2, -0.15) is 0 Å². The van der Waals surface area contributed by atoms with Crippen molar-refractivity contribution in [3.63, 3.8) is 0 Å². The summed E-state index contributed by atoms with van der Waals surface area (Å²) in [6, 6.07) is 21.3. The molecule has 0 radical (unpaired) electrons. The summed E-state index contributed by atoms with van der Waals surface area (Å²) < 4.78 is 33.8. The Bertz CT molecular complexity index is 1130. The SMILES string of the molecule is c1ccc2c(c1)Cc1c(-c3cc(OCCOCC4CO4)cc(OCCOCC4CO4)c3)cccc1-2. The second kappa shape index (κ2) is 10.4. The van der Waals surface area contributed by atoms with Crippen molar-refractivity contribution in [1.29, 1.82) is 0 Å². The molecule has 3 aromatic carbocycles. The second-order valence-corrected chi connectivity index (χ2v) is 9.12. The summed E-state index contributed by atoms with van der Waals surface area (Å²) >= 11 is 0. The maximum atomic E-state index is 6.07. The highest BCUT2D eigenvalue weighted by molar-refractivity contribution is 5.85. The van der Waals surface area contributed by atoms with Crippen LogP contribution in [-0.2, 0) is 25.4 Å². The summed E-state index contributed by atoms with van der Waals surface area (Å²) in [6.07, 6.45) is 1.45. The van der Waals surface area contributed by atoms with Crippen LogP contribution in [0.4, 0.5) is 0 Å². The van der Waals surface area contributed by atoms with Crippen LogP contribution in [0.5, 0.6) is 11.5 Å². The van der Waals surface area contributed by atoms with Gasteiger partial charge in [-0.3, -0.25) is 0 Å². The average Bonchev–Trinajstić information content (AvgIpc) is 3.82. The van der Waals surface area contributed by atoms with Gasteiger partial charge in [-0.15, -0.1) is 0 Å². The van der Waals surface area contributed by atoms with Crippen molar-refractivity contribution in [1.82, 2.24) is 0 Å². The lowest BCUT2D eigenvalue weighted by Crippen LogP contribution is -2.11. The van der Waals surface area contributed by atoms with Crippen LogP contribution in [0.1, 0.15) is 11.1 Å². The second-order valence-electron chi connectivity index (χ2n) is 9.12. The molecule has 35 heavy (non-hydrogen) atoms. The minimum atomic E-state index is 0.260. The van der Waals surface area contributed by atoms with Crippen molar-refractivity contribution in [2.75, 3.05) is 52.9 Å². The minimum Gasteiger partial charge on any atom is -0.491 e. The fourth-order valence-corrected chi connectivity index (χ4v) is 4.52. The lowest BCUT2D eigenvalue weighted by atomic mass is 9.95. The Balaban J connectivity index is 1.19. The predicted octanol–water partition coefficient (Wildman–Crippen LogP) is 4.51. The standard InChI is InChI=1S/C29H30O6/c1-2-5-26-20(4-1)14-29-27(6-3-7-28(26)29)21-12-22(32-10-8-30-16-24-18-34-24)15-23(13-21)33-11-9-31-17-25-19-35-25/h1-7,12-13,15,24-25H,8-11,14,16-19H2. The first-order chi connectivity index (χ1) is 17.3. The first kappa shape index (κ1) is 22.6. The number of fused-ring (bicyclic) bond motifs is 3. The third-order valence-corrected chi connectivity index (χ3v) is 6.45. The number of hydrogen-bond acceptors (Lipinski definition) is 6. The van der Waals surface area contributed by atoms with Crippen LogP contribution in [-0.4, -0.2) is 65.1 Å². The Labute approximate surface area is 205 Å². The van der Waals surface area contributed by atoms with Gasteiger partial charge >= 0.3 is 0 Å². The molecule has 2 aliphatic heterocycles. The maximum absolute atomic E-state index is 6.07. The quantitative estimate of drug-likeness (QED) is 0.210. The van der Waals surface area contributed by atoms with Crippen molar-refractivity contribution in [3.05, 3.63) is 71.8 Å². The number of benzene rings is 3. The first-order valence-corrected chi connectivity index (χ1v) is 12.3. The topological polar surface area (TPSA) is 62.0 Å². The van der Waals surface area contributed by atoms with Crippen molar-refractivity contribution < 1.29 is 28.4 Å². The molecule has 0 saturated carbocycles. The molecule has 0 bridgehead atoms. The highest BCUT2D eigenvalue weighted by atomic mass is 16.6. The first-order valence-electron chi connectivity index (χ1n) is 12.3. The van der Waals surface area contributed by atoms with E-state index in [0.717, 1.165) is 36.7 Å². The molecule has 6 nitrogen and oxygen atoms in total. The number of rotatable bonds is 13. The molecule has 3 aliphatic rings. The fourth-order valence-electron chi connectivity index (χ4n) is 4.52. The molecular weight excluding hydrogens is 444 g/mol. The molecule has 6 heteroatoms. The van der Waals surface area contributed by atoms with E-state index in [-0.39, 0.29) is 12.2 Å². The number of epoxide rings is 2. The lowest BCUT2D eigenvalue weighted by Gasteiger charge is -2.15. The van der Waals surface area contributed by atoms with E-state index < -0.39 is 0 Å². The smallest absolute Gasteiger partial charge is 0.123 e. The summed E-state index contributed by atoms with van der Waals surface area (Å²) in [4.78, 5) is 0. The molecule has 2 unspecified atom stereocenters. The zero-order valence-corrected chi connectivity index (χ0v) is 19.7. The highest BCUT2D eigenvalue weighted by Gasteiger charge is 2.23. The van der Waals surface area contributed by atoms with E-state index in [1.54, 1.807) is 0 Å². The third kappa shape index (κ3) is 5.68. The third-order valence-electron chi connectivity index (χ3n) is 6.45. The van der Waals surface area contributed by atoms with Crippen LogP contribution < -0.4 is 9.47 Å². The summed E-state index contributed by atoms with van der Waals surface area (Å²) in [7, 11) is 0. The summed E-state index contributed by atoms with van der Waals surface area (Å²) in [5, 5.41) is 0. The van der Waals surface area contributed by atoms with E-state index in [1.807, 2.05) is 6.07 Å². The number of hydrogen-bond donors (Lipinski definition) is 0. The van der Waals surface area contributed by atoms with Crippen molar-refractivity contribution in [2.45, 2.75) is 18.6 Å². The fraction of sp³-hybridized carbons (Fsp3) is 0.379. The predicted molar refractivity (Wildman–Crippen MR) is 132 cm³/mol. The van der Waals surface area contributed by atoms with Gasteiger partial charge in [-0.05, 0) is 51.9 Å². The van der Waals surface area contributed by atoms with Gasteiger partial charge in [-0.25, -0.2) is 0 Å². The summed E-state index contributed by atoms with van der Waals surface area (Å²) in [5.74, 6) is 1.54.